The van der Waals surface area contributed by atoms with Gasteiger partial charge in [0.25, 0.3) is 0 Å². The SMILES string of the molecule is COCCCn1ccnc1-c1cc(OC)ccc1-n1cccn1. The van der Waals surface area contributed by atoms with Crippen LogP contribution in [0.1, 0.15) is 6.42 Å². The lowest BCUT2D eigenvalue weighted by molar-refractivity contribution is 0.190. The Balaban J connectivity index is 2.03. The van der Waals surface area contributed by atoms with Gasteiger partial charge in [0.2, 0.25) is 0 Å². The van der Waals surface area contributed by atoms with Gasteiger partial charge in [0.15, 0.2) is 0 Å². The number of ether oxygens (including phenoxy) is 2. The average Bonchev–Trinajstić information content (AvgIpc) is 3.26. The van der Waals surface area contributed by atoms with E-state index in [-0.39, 0.29) is 0 Å². The summed E-state index contributed by atoms with van der Waals surface area (Å²) < 4.78 is 14.5. The molecule has 0 atom stereocenters. The first-order valence-electron chi connectivity index (χ1n) is 7.52. The lowest BCUT2D eigenvalue weighted by atomic mass is 10.1. The second-order valence-corrected chi connectivity index (χ2v) is 5.12. The number of nitrogens with zero attached hydrogens (tertiary/aromatic N) is 4. The van der Waals surface area contributed by atoms with Crippen molar-refractivity contribution in [2.75, 3.05) is 20.8 Å². The average molecular weight is 312 g/mol. The number of hydrogen-bond donors (Lipinski definition) is 0. The summed E-state index contributed by atoms with van der Waals surface area (Å²) in [5, 5.41) is 4.34. The number of imidazole rings is 1. The topological polar surface area (TPSA) is 54.1 Å². The molecule has 1 aromatic carbocycles. The van der Waals surface area contributed by atoms with Crippen LogP contribution in [0.5, 0.6) is 5.75 Å². The minimum atomic E-state index is 0.724. The van der Waals surface area contributed by atoms with Crippen LogP contribution >= 0.6 is 0 Å². The van der Waals surface area contributed by atoms with E-state index in [0.29, 0.717) is 0 Å². The van der Waals surface area contributed by atoms with Crippen LogP contribution in [0.3, 0.4) is 0 Å². The fourth-order valence-corrected chi connectivity index (χ4v) is 2.55. The third-order valence-electron chi connectivity index (χ3n) is 3.66. The molecule has 23 heavy (non-hydrogen) atoms. The first-order valence-corrected chi connectivity index (χ1v) is 7.52. The van der Waals surface area contributed by atoms with Gasteiger partial charge in [-0.15, -0.1) is 0 Å². The van der Waals surface area contributed by atoms with Gasteiger partial charge in [-0.1, -0.05) is 0 Å². The van der Waals surface area contributed by atoms with Crippen LogP contribution in [-0.2, 0) is 11.3 Å². The smallest absolute Gasteiger partial charge is 0.142 e. The van der Waals surface area contributed by atoms with Crippen LogP contribution in [0.15, 0.2) is 49.1 Å². The predicted octanol–water partition coefficient (Wildman–Crippen LogP) is 2.78. The summed E-state index contributed by atoms with van der Waals surface area (Å²) in [6.07, 6.45) is 8.41. The van der Waals surface area contributed by atoms with Crippen molar-refractivity contribution in [1.29, 1.82) is 0 Å². The van der Waals surface area contributed by atoms with Crippen molar-refractivity contribution in [2.24, 2.45) is 0 Å². The maximum atomic E-state index is 5.38. The fraction of sp³-hybridized carbons (Fsp3) is 0.294. The molecule has 120 valence electrons. The molecule has 0 aliphatic rings. The van der Waals surface area contributed by atoms with Crippen molar-refractivity contribution in [1.82, 2.24) is 19.3 Å². The van der Waals surface area contributed by atoms with E-state index in [1.165, 1.54) is 0 Å². The summed E-state index contributed by atoms with van der Waals surface area (Å²) in [6.45, 7) is 1.57. The summed E-state index contributed by atoms with van der Waals surface area (Å²) in [5.74, 6) is 1.69. The van der Waals surface area contributed by atoms with E-state index in [9.17, 15) is 0 Å². The molecule has 6 heteroatoms. The molecular formula is C17H20N4O2. The summed E-state index contributed by atoms with van der Waals surface area (Å²) >= 11 is 0. The third-order valence-corrected chi connectivity index (χ3v) is 3.66. The number of rotatable bonds is 7. The van der Waals surface area contributed by atoms with Crippen molar-refractivity contribution in [2.45, 2.75) is 13.0 Å². The van der Waals surface area contributed by atoms with Gasteiger partial charge in [-0.05, 0) is 30.7 Å². The van der Waals surface area contributed by atoms with Crippen LogP contribution in [0, 0.1) is 0 Å². The highest BCUT2D eigenvalue weighted by molar-refractivity contribution is 5.69. The van der Waals surface area contributed by atoms with Crippen molar-refractivity contribution in [3.63, 3.8) is 0 Å². The van der Waals surface area contributed by atoms with Gasteiger partial charge in [0, 0.05) is 50.6 Å². The molecular weight excluding hydrogens is 292 g/mol. The molecule has 2 aromatic heterocycles. The highest BCUT2D eigenvalue weighted by Gasteiger charge is 2.14. The number of methoxy groups -OCH3 is 2. The lowest BCUT2D eigenvalue weighted by Gasteiger charge is -2.13. The molecule has 0 N–H and O–H groups in total. The van der Waals surface area contributed by atoms with E-state index in [1.807, 2.05) is 47.5 Å². The third kappa shape index (κ3) is 3.27. The highest BCUT2D eigenvalue weighted by Crippen LogP contribution is 2.29. The van der Waals surface area contributed by atoms with Gasteiger partial charge in [-0.2, -0.15) is 5.10 Å². The predicted molar refractivity (Wildman–Crippen MR) is 87.8 cm³/mol. The molecule has 0 saturated carbocycles. The summed E-state index contributed by atoms with van der Waals surface area (Å²) in [5.41, 5.74) is 1.95. The number of aromatic nitrogens is 4. The minimum absolute atomic E-state index is 0.724. The zero-order chi connectivity index (χ0) is 16.1. The quantitative estimate of drug-likeness (QED) is 0.630. The van der Waals surface area contributed by atoms with Gasteiger partial charge in [-0.25, -0.2) is 9.67 Å². The molecule has 0 aliphatic heterocycles. The Labute approximate surface area is 135 Å². The minimum Gasteiger partial charge on any atom is -0.497 e. The molecule has 0 fully saturated rings. The summed E-state index contributed by atoms with van der Waals surface area (Å²) in [7, 11) is 3.38. The van der Waals surface area contributed by atoms with Crippen molar-refractivity contribution >= 4 is 0 Å². The van der Waals surface area contributed by atoms with E-state index < -0.39 is 0 Å². The van der Waals surface area contributed by atoms with Crippen molar-refractivity contribution < 1.29 is 9.47 Å². The monoisotopic (exact) mass is 312 g/mol. The Morgan fingerprint density at radius 2 is 2.04 bits per heavy atom. The van der Waals surface area contributed by atoms with E-state index in [4.69, 9.17) is 9.47 Å². The highest BCUT2D eigenvalue weighted by atomic mass is 16.5. The zero-order valence-electron chi connectivity index (χ0n) is 13.3. The van der Waals surface area contributed by atoms with E-state index in [1.54, 1.807) is 20.4 Å². The van der Waals surface area contributed by atoms with Gasteiger partial charge < -0.3 is 14.0 Å². The standard InChI is InChI=1S/C17H20N4O2/c1-22-12-4-9-20-11-8-18-17(20)15-13-14(23-2)5-6-16(15)21-10-3-7-19-21/h3,5-8,10-11,13H,4,9,12H2,1-2H3. The Hall–Kier alpha value is -2.60. The van der Waals surface area contributed by atoms with E-state index in [0.717, 1.165) is 42.4 Å². The second-order valence-electron chi connectivity index (χ2n) is 5.12. The molecule has 3 aromatic rings. The second kappa shape index (κ2) is 7.11. The Morgan fingerprint density at radius 1 is 1.13 bits per heavy atom. The van der Waals surface area contributed by atoms with Crippen LogP contribution in [0.4, 0.5) is 0 Å². The van der Waals surface area contributed by atoms with Crippen LogP contribution in [-0.4, -0.2) is 40.2 Å². The number of hydrogen-bond acceptors (Lipinski definition) is 4. The number of benzene rings is 1. The normalized spacial score (nSPS) is 10.9. The molecule has 0 radical (unpaired) electrons. The molecule has 2 heterocycles. The lowest BCUT2D eigenvalue weighted by Crippen LogP contribution is -2.05. The first-order chi connectivity index (χ1) is 11.3. The van der Waals surface area contributed by atoms with E-state index >= 15 is 0 Å². The molecule has 0 bridgehead atoms. The largest absolute Gasteiger partial charge is 0.497 e. The first kappa shape index (κ1) is 15.3. The molecule has 0 aliphatic carbocycles. The summed E-state index contributed by atoms with van der Waals surface area (Å²) in [6, 6.07) is 7.82. The number of aryl methyl sites for hydroxylation is 1. The zero-order valence-corrected chi connectivity index (χ0v) is 13.3. The Morgan fingerprint density at radius 3 is 2.78 bits per heavy atom. The van der Waals surface area contributed by atoms with Crippen LogP contribution in [0.2, 0.25) is 0 Å². The van der Waals surface area contributed by atoms with Crippen molar-refractivity contribution in [3.05, 3.63) is 49.1 Å². The summed E-state index contributed by atoms with van der Waals surface area (Å²) in [4.78, 5) is 4.54. The Bertz CT molecular complexity index is 750. The van der Waals surface area contributed by atoms with E-state index in [2.05, 4.69) is 14.6 Å². The molecule has 0 spiro atoms. The van der Waals surface area contributed by atoms with Crippen LogP contribution in [0.25, 0.3) is 17.1 Å². The maximum absolute atomic E-state index is 5.38. The molecule has 3 rings (SSSR count). The van der Waals surface area contributed by atoms with Gasteiger partial charge in [-0.3, -0.25) is 0 Å². The maximum Gasteiger partial charge on any atom is 0.142 e. The Kier molecular flexibility index (Phi) is 4.73. The van der Waals surface area contributed by atoms with Gasteiger partial charge in [0.05, 0.1) is 12.8 Å². The molecule has 0 saturated heterocycles. The molecule has 6 nitrogen and oxygen atoms in total. The van der Waals surface area contributed by atoms with Gasteiger partial charge >= 0.3 is 0 Å². The van der Waals surface area contributed by atoms with Gasteiger partial charge in [0.1, 0.15) is 11.6 Å². The fourth-order valence-electron chi connectivity index (χ4n) is 2.55. The van der Waals surface area contributed by atoms with Crippen molar-refractivity contribution in [3.8, 4) is 22.8 Å². The van der Waals surface area contributed by atoms with Crippen LogP contribution < -0.4 is 4.74 Å². The molecule has 0 unspecified atom stereocenters. The molecule has 0 amide bonds.